The second-order valence-electron chi connectivity index (χ2n) is 8.65. The first-order valence-corrected chi connectivity index (χ1v) is 11.1. The van der Waals surface area contributed by atoms with E-state index in [4.69, 9.17) is 11.6 Å². The highest BCUT2D eigenvalue weighted by Crippen LogP contribution is 2.41. The van der Waals surface area contributed by atoms with Crippen LogP contribution in [0.5, 0.6) is 0 Å². The molecule has 1 aromatic heterocycles. The zero-order valence-corrected chi connectivity index (χ0v) is 18.2. The maximum atomic E-state index is 15.0. The molecule has 1 atom stereocenters. The molecule has 1 aromatic carbocycles. The standard InChI is InChI=1S/C23H20ClFN4O4/c24-17-4-2-14(10-26-17)23(6-1-7-23)28-20(31)12-8-13-11-29(22(33)19(13)15(25)9-12)16-3-5-18(30)27-21(16)32/h2,4,8-10,16H,1,3,5-7,11H2,(H,28,31)(H,27,30,32). The highest BCUT2D eigenvalue weighted by molar-refractivity contribution is 6.29. The van der Waals surface area contributed by atoms with E-state index >= 15 is 0 Å². The van der Waals surface area contributed by atoms with Gasteiger partial charge in [0.15, 0.2) is 0 Å². The zero-order chi connectivity index (χ0) is 23.3. The van der Waals surface area contributed by atoms with E-state index < -0.39 is 41.0 Å². The van der Waals surface area contributed by atoms with E-state index in [0.717, 1.165) is 30.9 Å². The molecular weight excluding hydrogens is 451 g/mol. The monoisotopic (exact) mass is 470 g/mol. The van der Waals surface area contributed by atoms with Crippen molar-refractivity contribution < 1.29 is 23.6 Å². The lowest BCUT2D eigenvalue weighted by Gasteiger charge is -2.43. The number of nitrogens with zero attached hydrogens (tertiary/aromatic N) is 2. The van der Waals surface area contributed by atoms with Gasteiger partial charge in [-0.2, -0.15) is 0 Å². The van der Waals surface area contributed by atoms with Gasteiger partial charge in [-0.05, 0) is 55.0 Å². The Morgan fingerprint density at radius 1 is 1.24 bits per heavy atom. The third-order valence-electron chi connectivity index (χ3n) is 6.68. The molecule has 2 aromatic rings. The molecule has 8 nitrogen and oxygen atoms in total. The molecule has 2 fully saturated rings. The summed E-state index contributed by atoms with van der Waals surface area (Å²) in [4.78, 5) is 54.9. The predicted molar refractivity (Wildman–Crippen MR) is 115 cm³/mol. The number of imide groups is 1. The van der Waals surface area contributed by atoms with Crippen molar-refractivity contribution in [1.29, 1.82) is 0 Å². The van der Waals surface area contributed by atoms with E-state index in [1.165, 1.54) is 11.0 Å². The Hall–Kier alpha value is -3.33. The van der Waals surface area contributed by atoms with Crippen LogP contribution in [0.4, 0.5) is 4.39 Å². The third-order valence-corrected chi connectivity index (χ3v) is 6.90. The smallest absolute Gasteiger partial charge is 0.258 e. The van der Waals surface area contributed by atoms with Gasteiger partial charge in [0.05, 0.1) is 11.1 Å². The number of pyridine rings is 1. The number of carbonyl (C=O) groups is 4. The van der Waals surface area contributed by atoms with Crippen LogP contribution in [0.2, 0.25) is 5.15 Å². The average molecular weight is 471 g/mol. The Kier molecular flexibility index (Phi) is 5.16. The van der Waals surface area contributed by atoms with Crippen LogP contribution in [0.3, 0.4) is 0 Å². The summed E-state index contributed by atoms with van der Waals surface area (Å²) in [6.07, 6.45) is 4.28. The first-order valence-electron chi connectivity index (χ1n) is 10.7. The molecule has 10 heteroatoms. The summed E-state index contributed by atoms with van der Waals surface area (Å²) >= 11 is 5.88. The van der Waals surface area contributed by atoms with Gasteiger partial charge in [0.1, 0.15) is 17.0 Å². The minimum Gasteiger partial charge on any atom is -0.342 e. The first kappa shape index (κ1) is 21.5. The summed E-state index contributed by atoms with van der Waals surface area (Å²) in [6, 6.07) is 5.16. The summed E-state index contributed by atoms with van der Waals surface area (Å²) < 4.78 is 15.0. The van der Waals surface area contributed by atoms with Crippen LogP contribution in [-0.2, 0) is 21.7 Å². The fraction of sp³-hybridized carbons (Fsp3) is 0.348. The molecule has 3 aliphatic rings. The van der Waals surface area contributed by atoms with Gasteiger partial charge < -0.3 is 10.2 Å². The van der Waals surface area contributed by atoms with E-state index in [-0.39, 0.29) is 30.5 Å². The van der Waals surface area contributed by atoms with Gasteiger partial charge >= 0.3 is 0 Å². The number of amides is 4. The molecular formula is C23H20ClFN4O4. The Morgan fingerprint density at radius 3 is 2.67 bits per heavy atom. The number of halogens is 2. The Balaban J connectivity index is 1.39. The molecule has 33 heavy (non-hydrogen) atoms. The number of fused-ring (bicyclic) bond motifs is 1. The molecule has 0 radical (unpaired) electrons. The van der Waals surface area contributed by atoms with Gasteiger partial charge in [-0.25, -0.2) is 9.37 Å². The Bertz CT molecular complexity index is 1200. The molecule has 1 saturated carbocycles. The van der Waals surface area contributed by atoms with Crippen LogP contribution in [0, 0.1) is 5.82 Å². The molecule has 2 aliphatic heterocycles. The molecule has 1 unspecified atom stereocenters. The fourth-order valence-electron chi connectivity index (χ4n) is 4.75. The fourth-order valence-corrected chi connectivity index (χ4v) is 4.87. The number of piperidine rings is 1. The summed E-state index contributed by atoms with van der Waals surface area (Å²) in [7, 11) is 0. The Labute approximate surface area is 193 Å². The highest BCUT2D eigenvalue weighted by atomic mass is 35.5. The van der Waals surface area contributed by atoms with Crippen LogP contribution in [0.15, 0.2) is 30.5 Å². The lowest BCUT2D eigenvalue weighted by molar-refractivity contribution is -0.136. The molecule has 170 valence electrons. The van der Waals surface area contributed by atoms with Crippen molar-refractivity contribution in [1.82, 2.24) is 20.5 Å². The maximum absolute atomic E-state index is 15.0. The highest BCUT2D eigenvalue weighted by Gasteiger charge is 2.43. The molecule has 1 saturated heterocycles. The van der Waals surface area contributed by atoms with Gasteiger partial charge in [-0.3, -0.25) is 24.5 Å². The zero-order valence-electron chi connectivity index (χ0n) is 17.5. The van der Waals surface area contributed by atoms with Crippen LogP contribution in [0.25, 0.3) is 0 Å². The van der Waals surface area contributed by atoms with E-state index in [1.807, 2.05) is 6.07 Å². The van der Waals surface area contributed by atoms with E-state index in [2.05, 4.69) is 15.6 Å². The van der Waals surface area contributed by atoms with Crippen LogP contribution < -0.4 is 10.6 Å². The van der Waals surface area contributed by atoms with Crippen LogP contribution in [0.1, 0.15) is 63.9 Å². The van der Waals surface area contributed by atoms with Crippen molar-refractivity contribution in [3.05, 3.63) is 63.7 Å². The maximum Gasteiger partial charge on any atom is 0.258 e. The molecule has 1 aliphatic carbocycles. The molecule has 0 bridgehead atoms. The van der Waals surface area contributed by atoms with Crippen molar-refractivity contribution in [2.24, 2.45) is 0 Å². The van der Waals surface area contributed by atoms with Crippen molar-refractivity contribution in [3.63, 3.8) is 0 Å². The van der Waals surface area contributed by atoms with E-state index in [0.29, 0.717) is 10.7 Å². The summed E-state index contributed by atoms with van der Waals surface area (Å²) in [6.45, 7) is -0.00920. The Morgan fingerprint density at radius 2 is 2.03 bits per heavy atom. The average Bonchev–Trinajstić information content (AvgIpc) is 3.08. The normalized spacial score (nSPS) is 21.3. The number of hydrogen-bond acceptors (Lipinski definition) is 5. The number of rotatable bonds is 4. The lowest BCUT2D eigenvalue weighted by atomic mass is 9.72. The molecule has 2 N–H and O–H groups in total. The lowest BCUT2D eigenvalue weighted by Crippen LogP contribution is -2.52. The first-order chi connectivity index (χ1) is 15.8. The summed E-state index contributed by atoms with van der Waals surface area (Å²) in [5, 5.41) is 5.57. The number of benzene rings is 1. The number of nitrogens with one attached hydrogen (secondary N) is 2. The molecule has 3 heterocycles. The van der Waals surface area contributed by atoms with Gasteiger partial charge in [0.2, 0.25) is 11.8 Å². The largest absolute Gasteiger partial charge is 0.342 e. The summed E-state index contributed by atoms with van der Waals surface area (Å²) in [5.41, 5.74) is 0.519. The van der Waals surface area contributed by atoms with Crippen molar-refractivity contribution in [2.45, 2.75) is 50.2 Å². The molecule has 5 rings (SSSR count). The predicted octanol–water partition coefficient (Wildman–Crippen LogP) is 2.44. The van der Waals surface area contributed by atoms with Crippen molar-refractivity contribution >= 4 is 35.2 Å². The molecule has 0 spiro atoms. The quantitative estimate of drug-likeness (QED) is 0.527. The van der Waals surface area contributed by atoms with Gasteiger partial charge in [0, 0.05) is 24.7 Å². The second-order valence-corrected chi connectivity index (χ2v) is 9.04. The third kappa shape index (κ3) is 3.66. The molecule has 4 amide bonds. The van der Waals surface area contributed by atoms with Gasteiger partial charge in [-0.1, -0.05) is 17.7 Å². The van der Waals surface area contributed by atoms with Crippen molar-refractivity contribution in [2.75, 3.05) is 0 Å². The van der Waals surface area contributed by atoms with E-state index in [1.54, 1.807) is 12.3 Å². The summed E-state index contributed by atoms with van der Waals surface area (Å²) in [5.74, 6) is -2.86. The number of hydrogen-bond donors (Lipinski definition) is 2. The topological polar surface area (TPSA) is 108 Å². The van der Waals surface area contributed by atoms with Crippen LogP contribution in [-0.4, -0.2) is 39.6 Å². The number of aromatic nitrogens is 1. The van der Waals surface area contributed by atoms with Gasteiger partial charge in [0.25, 0.3) is 11.8 Å². The minimum atomic E-state index is -0.852. The SMILES string of the molecule is O=C1CCC(N2Cc3cc(C(=O)NC4(c5ccc(Cl)nc5)CCC4)cc(F)c3C2=O)C(=O)N1. The van der Waals surface area contributed by atoms with Crippen molar-refractivity contribution in [3.8, 4) is 0 Å². The number of carbonyl (C=O) groups excluding carboxylic acids is 4. The van der Waals surface area contributed by atoms with E-state index in [9.17, 15) is 23.6 Å². The second kappa shape index (κ2) is 7.91. The van der Waals surface area contributed by atoms with Gasteiger partial charge in [-0.15, -0.1) is 0 Å². The minimum absolute atomic E-state index is 0.00920. The van der Waals surface area contributed by atoms with Crippen LogP contribution >= 0.6 is 11.6 Å².